The SMILES string of the molecule is Pc1ccc2ccc3cc4ccccc4cc3c2c1OB(Oc1c(P)ccc2ccc3cc4ccccc4cc3c12)Oc1c(P)ccc2ccc3cc4ccccc4cc3c12. The zero-order valence-electron chi connectivity index (χ0n) is 32.9. The van der Waals surface area contributed by atoms with Gasteiger partial charge in [-0.3, -0.25) is 0 Å². The molecule has 61 heavy (non-hydrogen) atoms. The molecule has 0 aliphatic heterocycles. The maximum atomic E-state index is 7.28. The fourth-order valence-electron chi connectivity index (χ4n) is 9.21. The van der Waals surface area contributed by atoms with Crippen molar-refractivity contribution in [2.75, 3.05) is 0 Å². The number of hydrogen-bond acceptors (Lipinski definition) is 3. The topological polar surface area (TPSA) is 27.7 Å². The van der Waals surface area contributed by atoms with E-state index in [9.17, 15) is 0 Å². The molecule has 3 unspecified atom stereocenters. The van der Waals surface area contributed by atoms with E-state index < -0.39 is 7.32 Å². The Balaban J connectivity index is 1.10. The highest BCUT2D eigenvalue weighted by atomic mass is 31.0. The van der Waals surface area contributed by atoms with Crippen molar-refractivity contribution in [3.63, 3.8) is 0 Å². The number of rotatable bonds is 6. The summed E-state index contributed by atoms with van der Waals surface area (Å²) in [4.78, 5) is 0. The second-order valence-corrected chi connectivity index (χ2v) is 17.7. The summed E-state index contributed by atoms with van der Waals surface area (Å²) >= 11 is 0. The van der Waals surface area contributed by atoms with E-state index in [1.807, 2.05) is 0 Å². The van der Waals surface area contributed by atoms with E-state index in [4.69, 9.17) is 14.0 Å². The lowest BCUT2D eigenvalue weighted by molar-refractivity contribution is 0.315. The lowest BCUT2D eigenvalue weighted by Crippen LogP contribution is -2.39. The smallest absolute Gasteiger partial charge is 0.488 e. The summed E-state index contributed by atoms with van der Waals surface area (Å²) in [6.45, 7) is 0. The summed E-state index contributed by atoms with van der Waals surface area (Å²) < 4.78 is 21.8. The number of hydrogen-bond donors (Lipinski definition) is 0. The maximum Gasteiger partial charge on any atom is 0.864 e. The number of fused-ring (bicyclic) bond motifs is 12. The molecule has 0 saturated heterocycles. The zero-order chi connectivity index (χ0) is 40.8. The first-order valence-electron chi connectivity index (χ1n) is 20.3. The molecule has 0 radical (unpaired) electrons. The van der Waals surface area contributed by atoms with Crippen molar-refractivity contribution >= 4 is 148 Å². The molecule has 0 aliphatic carbocycles. The van der Waals surface area contributed by atoms with E-state index in [0.29, 0.717) is 17.2 Å². The van der Waals surface area contributed by atoms with E-state index in [-0.39, 0.29) is 0 Å². The van der Waals surface area contributed by atoms with Crippen molar-refractivity contribution in [2.24, 2.45) is 0 Å². The predicted molar refractivity (Wildman–Crippen MR) is 273 cm³/mol. The van der Waals surface area contributed by atoms with E-state index in [2.05, 4.69) is 210 Å². The van der Waals surface area contributed by atoms with Crippen LogP contribution in [0.5, 0.6) is 17.2 Å². The minimum atomic E-state index is -1.22. The molecule has 0 aromatic heterocycles. The highest BCUT2D eigenvalue weighted by molar-refractivity contribution is 7.28. The van der Waals surface area contributed by atoms with Crippen LogP contribution in [0.3, 0.4) is 0 Å². The molecule has 0 aliphatic rings. The van der Waals surface area contributed by atoms with Crippen LogP contribution in [0.4, 0.5) is 0 Å². The molecule has 3 atom stereocenters. The Morgan fingerprint density at radius 1 is 0.262 bits per heavy atom. The Kier molecular flexibility index (Phi) is 8.66. The van der Waals surface area contributed by atoms with Gasteiger partial charge in [-0.1, -0.05) is 146 Å². The van der Waals surface area contributed by atoms with Crippen molar-refractivity contribution in [2.45, 2.75) is 0 Å². The first kappa shape index (κ1) is 36.6. The van der Waals surface area contributed by atoms with E-state index >= 15 is 0 Å². The van der Waals surface area contributed by atoms with Crippen LogP contribution < -0.4 is 29.9 Å². The van der Waals surface area contributed by atoms with Crippen molar-refractivity contribution < 1.29 is 14.0 Å². The molecule has 0 heterocycles. The van der Waals surface area contributed by atoms with Crippen LogP contribution in [0.25, 0.3) is 97.0 Å². The van der Waals surface area contributed by atoms with Gasteiger partial charge in [-0.15, -0.1) is 27.7 Å². The van der Waals surface area contributed by atoms with Crippen molar-refractivity contribution in [1.82, 2.24) is 0 Å². The van der Waals surface area contributed by atoms with E-state index in [1.54, 1.807) is 0 Å². The summed E-state index contributed by atoms with van der Waals surface area (Å²) in [5.74, 6) is 2.03. The molecule has 12 rings (SSSR count). The van der Waals surface area contributed by atoms with Crippen molar-refractivity contribution in [3.05, 3.63) is 182 Å². The first-order valence-corrected chi connectivity index (χ1v) is 22.1. The third-order valence-electron chi connectivity index (χ3n) is 12.2. The van der Waals surface area contributed by atoms with Gasteiger partial charge >= 0.3 is 7.32 Å². The second-order valence-electron chi connectivity index (χ2n) is 15.8. The highest BCUT2D eigenvalue weighted by Crippen LogP contribution is 2.40. The lowest BCUT2D eigenvalue weighted by atomic mass is 9.96. The Bertz CT molecular complexity index is 3420. The molecule has 0 spiro atoms. The quantitative estimate of drug-likeness (QED) is 0.0723. The van der Waals surface area contributed by atoms with Gasteiger partial charge in [0.25, 0.3) is 0 Å². The third-order valence-corrected chi connectivity index (χ3v) is 13.6. The second kappa shape index (κ2) is 14.4. The van der Waals surface area contributed by atoms with Crippen LogP contribution in [0, 0.1) is 0 Å². The van der Waals surface area contributed by atoms with Crippen LogP contribution in [0.1, 0.15) is 0 Å². The molecule has 0 N–H and O–H groups in total. The molecule has 12 aromatic rings. The Labute approximate surface area is 359 Å². The van der Waals surface area contributed by atoms with Crippen LogP contribution in [-0.4, -0.2) is 7.32 Å². The van der Waals surface area contributed by atoms with Crippen LogP contribution in [-0.2, 0) is 0 Å². The predicted octanol–water partition coefficient (Wildman–Crippen LogP) is 13.1. The average Bonchev–Trinajstić information content (AvgIpc) is 3.29. The largest absolute Gasteiger partial charge is 0.864 e. The molecule has 12 aromatic carbocycles. The monoisotopic (exact) mass is 836 g/mol. The van der Waals surface area contributed by atoms with Crippen molar-refractivity contribution in [1.29, 1.82) is 0 Å². The van der Waals surface area contributed by atoms with Gasteiger partial charge in [0, 0.05) is 32.1 Å². The average molecular weight is 837 g/mol. The fraction of sp³-hybridized carbons (Fsp3) is 0. The fourth-order valence-corrected chi connectivity index (χ4v) is 10.1. The van der Waals surface area contributed by atoms with E-state index in [1.165, 1.54) is 16.2 Å². The van der Waals surface area contributed by atoms with E-state index in [0.717, 1.165) is 96.7 Å². The molecular weight excluding hydrogens is 800 g/mol. The van der Waals surface area contributed by atoms with Gasteiger partial charge in [0.15, 0.2) is 0 Å². The molecule has 3 nitrogen and oxygen atoms in total. The van der Waals surface area contributed by atoms with Gasteiger partial charge in [0.1, 0.15) is 17.2 Å². The zero-order valence-corrected chi connectivity index (χ0v) is 36.3. The lowest BCUT2D eigenvalue weighted by Gasteiger charge is -2.23. The molecule has 0 fully saturated rings. The summed E-state index contributed by atoms with van der Waals surface area (Å²) in [6, 6.07) is 64.9. The molecule has 7 heteroatoms. The van der Waals surface area contributed by atoms with Crippen molar-refractivity contribution in [3.8, 4) is 17.2 Å². The summed E-state index contributed by atoms with van der Waals surface area (Å²) in [5, 5.41) is 22.6. The van der Waals surface area contributed by atoms with Gasteiger partial charge in [-0.2, -0.15) is 0 Å². The van der Waals surface area contributed by atoms with Gasteiger partial charge < -0.3 is 14.0 Å². The van der Waals surface area contributed by atoms with Gasteiger partial charge in [0.05, 0.1) is 0 Å². The minimum absolute atomic E-state index is 0.677. The van der Waals surface area contributed by atoms with Gasteiger partial charge in [-0.25, -0.2) is 0 Å². The van der Waals surface area contributed by atoms with Crippen LogP contribution in [0.2, 0.25) is 0 Å². The minimum Gasteiger partial charge on any atom is -0.488 e. The van der Waals surface area contributed by atoms with Gasteiger partial charge in [0.2, 0.25) is 0 Å². The normalized spacial score (nSPS) is 11.9. The third kappa shape index (κ3) is 6.17. The first-order chi connectivity index (χ1) is 29.9. The summed E-state index contributed by atoms with van der Waals surface area (Å²) in [6.07, 6.45) is 0. The number of benzene rings is 12. The Morgan fingerprint density at radius 3 is 0.803 bits per heavy atom. The Morgan fingerprint density at radius 2 is 0.508 bits per heavy atom. The standard InChI is InChI=1S/C54H36BO3P3/c59-46-22-19-31-13-16-40-25-34-7-1-4-10-37(34)28-43(40)49(31)52(46)56-55(57-53-47(60)23-20-32-14-17-41-26-35-8-2-5-11-38(35)29-44(41)50(32)53)58-54-48(61)24-21-33-15-18-42-27-36-9-3-6-12-39(36)30-45(42)51(33)54/h1-30H,59-61H2. The summed E-state index contributed by atoms with van der Waals surface area (Å²) in [5.41, 5.74) is 0. The molecule has 0 saturated carbocycles. The van der Waals surface area contributed by atoms with Crippen LogP contribution >= 0.6 is 27.7 Å². The maximum absolute atomic E-state index is 7.28. The molecule has 0 bridgehead atoms. The molecular formula is C54H36BO3P3. The molecule has 0 amide bonds. The van der Waals surface area contributed by atoms with Gasteiger partial charge in [-0.05, 0) is 117 Å². The molecule has 288 valence electrons. The van der Waals surface area contributed by atoms with Crippen LogP contribution in [0.15, 0.2) is 182 Å². The highest BCUT2D eigenvalue weighted by Gasteiger charge is 2.35. The summed E-state index contributed by atoms with van der Waals surface area (Å²) in [7, 11) is 7.51. The Hall–Kier alpha value is -6.27.